The van der Waals surface area contributed by atoms with Crippen LogP contribution in [-0.2, 0) is 20.9 Å². The number of ether oxygens (including phenoxy) is 3. The summed E-state index contributed by atoms with van der Waals surface area (Å²) in [7, 11) is 1.65. The molecule has 2 aliphatic rings. The van der Waals surface area contributed by atoms with E-state index in [1.165, 1.54) is 0 Å². The number of benzene rings is 1. The summed E-state index contributed by atoms with van der Waals surface area (Å²) in [5, 5.41) is 10.4. The van der Waals surface area contributed by atoms with Gasteiger partial charge in [-0.1, -0.05) is 39.5 Å². The molecule has 2 fully saturated rings. The molecule has 1 heterocycles. The maximum absolute atomic E-state index is 11.9. The number of carbonyl (C=O) groups is 1. The van der Waals surface area contributed by atoms with Crippen LogP contribution in [0.25, 0.3) is 0 Å². The third-order valence-corrected chi connectivity index (χ3v) is 6.21. The number of methoxy groups -OCH3 is 1. The first-order chi connectivity index (χ1) is 12.7. The van der Waals surface area contributed by atoms with Gasteiger partial charge in [0.15, 0.2) is 0 Å². The number of esters is 1. The van der Waals surface area contributed by atoms with Crippen LogP contribution in [0.1, 0.15) is 39.2 Å². The Bertz CT molecular complexity index is 708. The summed E-state index contributed by atoms with van der Waals surface area (Å²) in [6.45, 7) is 11.4. The number of aliphatic hydroxyl groups excluding tert-OH is 1. The van der Waals surface area contributed by atoms with E-state index < -0.39 is 17.1 Å². The topological polar surface area (TPSA) is 65.0 Å². The molecule has 148 valence electrons. The van der Waals surface area contributed by atoms with Crippen molar-refractivity contribution >= 4 is 5.97 Å². The zero-order valence-electron chi connectivity index (χ0n) is 16.7. The van der Waals surface area contributed by atoms with Gasteiger partial charge < -0.3 is 19.3 Å². The molecule has 0 amide bonds. The molecule has 0 radical (unpaired) electrons. The number of fused-ring (bicyclic) bond motifs is 1. The Labute approximate surface area is 161 Å². The van der Waals surface area contributed by atoms with Crippen molar-refractivity contribution < 1.29 is 24.1 Å². The van der Waals surface area contributed by atoms with Gasteiger partial charge in [-0.2, -0.15) is 0 Å². The molecule has 4 atom stereocenters. The van der Waals surface area contributed by atoms with Crippen LogP contribution >= 0.6 is 0 Å². The minimum Gasteiger partial charge on any atom is -0.497 e. The second-order valence-electron chi connectivity index (χ2n) is 8.46. The predicted octanol–water partition coefficient (Wildman–Crippen LogP) is 3.50. The van der Waals surface area contributed by atoms with Crippen molar-refractivity contribution in [1.82, 2.24) is 0 Å². The van der Waals surface area contributed by atoms with Gasteiger partial charge in [0.25, 0.3) is 0 Å². The number of carbonyl (C=O) groups excluding carboxylic acids is 1. The van der Waals surface area contributed by atoms with E-state index in [0.29, 0.717) is 19.6 Å². The Hall–Kier alpha value is -1.85. The summed E-state index contributed by atoms with van der Waals surface area (Å²) < 4.78 is 16.7. The predicted molar refractivity (Wildman–Crippen MR) is 102 cm³/mol. The Kier molecular flexibility index (Phi) is 5.37. The standard InChI is InChI=1S/C22H30O5/c1-14(12-26-13-16-6-8-17(25-5)9-7-16)10-15(2)22-18(11-19(23)27-22)20(24)21(22,3)4/h6-9,14,18,20,24H,2,10-13H2,1,3-5H3/t14-,18-,20+,22-/m0/s1. The molecule has 1 aliphatic carbocycles. The third kappa shape index (κ3) is 3.27. The van der Waals surface area contributed by atoms with Crippen LogP contribution in [0.3, 0.4) is 0 Å². The van der Waals surface area contributed by atoms with Crippen LogP contribution in [0.5, 0.6) is 5.75 Å². The van der Waals surface area contributed by atoms with Crippen molar-refractivity contribution in [2.24, 2.45) is 17.3 Å². The van der Waals surface area contributed by atoms with Gasteiger partial charge in [0, 0.05) is 17.9 Å². The molecule has 5 nitrogen and oxygen atoms in total. The van der Waals surface area contributed by atoms with Crippen LogP contribution in [0.4, 0.5) is 0 Å². The van der Waals surface area contributed by atoms with Gasteiger partial charge in [-0.3, -0.25) is 4.79 Å². The second-order valence-corrected chi connectivity index (χ2v) is 8.46. The van der Waals surface area contributed by atoms with Crippen molar-refractivity contribution in [2.75, 3.05) is 13.7 Å². The number of hydrogen-bond donors (Lipinski definition) is 1. The van der Waals surface area contributed by atoms with E-state index in [-0.39, 0.29) is 24.2 Å². The lowest BCUT2D eigenvalue weighted by Crippen LogP contribution is -2.70. The first-order valence-electron chi connectivity index (χ1n) is 9.51. The highest BCUT2D eigenvalue weighted by Crippen LogP contribution is 2.64. The summed E-state index contributed by atoms with van der Waals surface area (Å²) in [6.07, 6.45) is 0.427. The number of rotatable bonds is 8. The van der Waals surface area contributed by atoms with E-state index in [4.69, 9.17) is 14.2 Å². The molecule has 1 saturated carbocycles. The molecule has 27 heavy (non-hydrogen) atoms. The van der Waals surface area contributed by atoms with Crippen LogP contribution in [-0.4, -0.2) is 36.5 Å². The highest BCUT2D eigenvalue weighted by Gasteiger charge is 2.74. The molecule has 1 saturated heterocycles. The zero-order valence-corrected chi connectivity index (χ0v) is 16.7. The Morgan fingerprint density at radius 2 is 2.04 bits per heavy atom. The Morgan fingerprint density at radius 1 is 1.37 bits per heavy atom. The summed E-state index contributed by atoms with van der Waals surface area (Å²) in [5.74, 6) is 0.640. The lowest BCUT2D eigenvalue weighted by molar-refractivity contribution is -0.236. The van der Waals surface area contributed by atoms with E-state index in [0.717, 1.165) is 16.9 Å². The van der Waals surface area contributed by atoms with Crippen LogP contribution in [0.2, 0.25) is 0 Å². The molecule has 3 rings (SSSR count). The number of hydrogen-bond acceptors (Lipinski definition) is 5. The summed E-state index contributed by atoms with van der Waals surface area (Å²) in [5.41, 5.74) is 0.723. The van der Waals surface area contributed by atoms with Crippen molar-refractivity contribution in [3.8, 4) is 5.75 Å². The molecule has 1 aromatic carbocycles. The SMILES string of the molecule is C=C(C[C@H](C)COCc1ccc(OC)cc1)[C@]12OC(=O)C[C@H]1[C@@H](O)C2(C)C. The van der Waals surface area contributed by atoms with E-state index in [9.17, 15) is 9.90 Å². The van der Waals surface area contributed by atoms with E-state index in [1.807, 2.05) is 38.1 Å². The second kappa shape index (κ2) is 7.28. The van der Waals surface area contributed by atoms with Gasteiger partial charge in [-0.25, -0.2) is 0 Å². The molecule has 5 heteroatoms. The van der Waals surface area contributed by atoms with E-state index in [2.05, 4.69) is 13.5 Å². The fourth-order valence-corrected chi connectivity index (χ4v) is 4.71. The molecule has 1 aliphatic heterocycles. The van der Waals surface area contributed by atoms with Crippen molar-refractivity contribution in [3.05, 3.63) is 42.0 Å². The molecule has 1 aromatic rings. The van der Waals surface area contributed by atoms with Gasteiger partial charge in [0.05, 0.1) is 26.2 Å². The number of aliphatic hydroxyl groups is 1. The Morgan fingerprint density at radius 3 is 2.67 bits per heavy atom. The van der Waals surface area contributed by atoms with E-state index in [1.54, 1.807) is 7.11 Å². The lowest BCUT2D eigenvalue weighted by Gasteiger charge is -2.61. The largest absolute Gasteiger partial charge is 0.497 e. The maximum Gasteiger partial charge on any atom is 0.307 e. The fourth-order valence-electron chi connectivity index (χ4n) is 4.71. The third-order valence-electron chi connectivity index (χ3n) is 6.21. The van der Waals surface area contributed by atoms with Gasteiger partial charge in [0.1, 0.15) is 11.4 Å². The van der Waals surface area contributed by atoms with Gasteiger partial charge >= 0.3 is 5.97 Å². The molecule has 0 unspecified atom stereocenters. The average molecular weight is 374 g/mol. The zero-order chi connectivity index (χ0) is 19.8. The molecule has 0 bridgehead atoms. The quantitative estimate of drug-likeness (QED) is 0.557. The minimum atomic E-state index is -0.742. The van der Waals surface area contributed by atoms with Crippen molar-refractivity contribution in [2.45, 2.75) is 51.9 Å². The highest BCUT2D eigenvalue weighted by atomic mass is 16.6. The van der Waals surface area contributed by atoms with Gasteiger partial charge in [0.2, 0.25) is 0 Å². The minimum absolute atomic E-state index is 0.181. The molecule has 0 aromatic heterocycles. The molecular weight excluding hydrogens is 344 g/mol. The summed E-state index contributed by atoms with van der Waals surface area (Å²) >= 11 is 0. The molecule has 0 spiro atoms. The summed E-state index contributed by atoms with van der Waals surface area (Å²) in [6, 6.07) is 7.81. The smallest absolute Gasteiger partial charge is 0.307 e. The van der Waals surface area contributed by atoms with Crippen molar-refractivity contribution in [3.63, 3.8) is 0 Å². The first-order valence-corrected chi connectivity index (χ1v) is 9.51. The van der Waals surface area contributed by atoms with Gasteiger partial charge in [-0.05, 0) is 35.6 Å². The molecule has 1 N–H and O–H groups in total. The average Bonchev–Trinajstić information content (AvgIpc) is 2.98. The lowest BCUT2D eigenvalue weighted by atomic mass is 9.47. The van der Waals surface area contributed by atoms with Crippen molar-refractivity contribution in [1.29, 1.82) is 0 Å². The van der Waals surface area contributed by atoms with Crippen LogP contribution in [0, 0.1) is 17.3 Å². The van der Waals surface area contributed by atoms with Gasteiger partial charge in [-0.15, -0.1) is 0 Å². The highest BCUT2D eigenvalue weighted by molar-refractivity contribution is 5.75. The first kappa shape index (κ1) is 19.9. The fraction of sp³-hybridized carbons (Fsp3) is 0.591. The summed E-state index contributed by atoms with van der Waals surface area (Å²) in [4.78, 5) is 11.9. The normalized spacial score (nSPS) is 29.4. The van der Waals surface area contributed by atoms with Crippen LogP contribution in [0.15, 0.2) is 36.4 Å². The maximum atomic E-state index is 11.9. The van der Waals surface area contributed by atoms with Crippen LogP contribution < -0.4 is 4.74 Å². The monoisotopic (exact) mass is 374 g/mol. The van der Waals surface area contributed by atoms with E-state index >= 15 is 0 Å². The Balaban J connectivity index is 1.53. The molecular formula is C22H30O5.